The highest BCUT2D eigenvalue weighted by molar-refractivity contribution is 7.15. The Morgan fingerprint density at radius 2 is 2.14 bits per heavy atom. The Hall–Kier alpha value is -2.29. The number of nitrogens with zero attached hydrogens (tertiary/aromatic N) is 1. The van der Waals surface area contributed by atoms with Crippen LogP contribution in [0.1, 0.15) is 35.1 Å². The van der Waals surface area contributed by atoms with Gasteiger partial charge in [0.25, 0.3) is 0 Å². The Kier molecular flexibility index (Phi) is 8.56. The fourth-order valence-corrected chi connectivity index (χ4v) is 3.84. The molecular weight excluding hydrogens is 378 g/mol. The molecule has 8 heteroatoms. The van der Waals surface area contributed by atoms with E-state index in [1.807, 2.05) is 38.1 Å². The number of aliphatic hydroxyl groups is 1. The van der Waals surface area contributed by atoms with Crippen molar-refractivity contribution in [2.75, 3.05) is 20.2 Å². The maximum Gasteiger partial charge on any atom is 0.307 e. The van der Waals surface area contributed by atoms with Crippen molar-refractivity contribution in [3.05, 3.63) is 40.5 Å². The van der Waals surface area contributed by atoms with Gasteiger partial charge < -0.3 is 20.5 Å². The molecular formula is C20H27N3O4S. The number of amides is 1. The van der Waals surface area contributed by atoms with Gasteiger partial charge in [0.1, 0.15) is 0 Å². The van der Waals surface area contributed by atoms with E-state index in [1.54, 1.807) is 11.3 Å². The van der Waals surface area contributed by atoms with Gasteiger partial charge in [0, 0.05) is 6.54 Å². The van der Waals surface area contributed by atoms with E-state index in [2.05, 4.69) is 20.4 Å². The highest BCUT2D eigenvalue weighted by Gasteiger charge is 2.16. The Bertz CT molecular complexity index is 770. The number of hydrogen-bond acceptors (Lipinski definition) is 7. The van der Waals surface area contributed by atoms with E-state index in [0.717, 1.165) is 46.2 Å². The second-order valence-corrected chi connectivity index (χ2v) is 7.74. The first kappa shape index (κ1) is 22.0. The van der Waals surface area contributed by atoms with Crippen molar-refractivity contribution in [3.8, 4) is 10.4 Å². The molecule has 28 heavy (non-hydrogen) atoms. The van der Waals surface area contributed by atoms with Crippen LogP contribution in [0.25, 0.3) is 10.4 Å². The summed E-state index contributed by atoms with van der Waals surface area (Å²) in [6.45, 7) is 5.75. The van der Waals surface area contributed by atoms with Crippen LogP contribution in [0.4, 0.5) is 0 Å². The van der Waals surface area contributed by atoms with E-state index >= 15 is 0 Å². The Morgan fingerprint density at radius 1 is 1.43 bits per heavy atom. The van der Waals surface area contributed by atoms with Crippen LogP contribution >= 0.6 is 11.3 Å². The first-order chi connectivity index (χ1) is 13.4. The number of carbonyl (C=O) groups is 2. The van der Waals surface area contributed by atoms with Crippen molar-refractivity contribution in [2.45, 2.75) is 38.8 Å². The van der Waals surface area contributed by atoms with Crippen LogP contribution in [0.2, 0.25) is 0 Å². The molecule has 0 radical (unpaired) electrons. The molecule has 1 aromatic carbocycles. The number of aryl methyl sites for hydroxylation is 2. The smallest absolute Gasteiger partial charge is 0.307 e. The van der Waals surface area contributed by atoms with E-state index in [9.17, 15) is 9.59 Å². The van der Waals surface area contributed by atoms with Crippen LogP contribution in [-0.2, 0) is 14.3 Å². The normalized spacial score (nSPS) is 16.6. The zero-order valence-electron chi connectivity index (χ0n) is 16.4. The van der Waals surface area contributed by atoms with Crippen LogP contribution < -0.4 is 10.6 Å². The summed E-state index contributed by atoms with van der Waals surface area (Å²) in [4.78, 5) is 27.7. The van der Waals surface area contributed by atoms with Gasteiger partial charge in [-0.1, -0.05) is 24.3 Å². The van der Waals surface area contributed by atoms with Gasteiger partial charge >= 0.3 is 5.97 Å². The van der Waals surface area contributed by atoms with Gasteiger partial charge in [-0.2, -0.15) is 0 Å². The minimum absolute atomic E-state index is 0.0648. The number of aliphatic hydroxyl groups excluding tert-OH is 1. The van der Waals surface area contributed by atoms with E-state index < -0.39 is 0 Å². The molecule has 3 N–H and O–H groups in total. The molecule has 152 valence electrons. The maximum absolute atomic E-state index is 11.4. The Labute approximate surface area is 169 Å². The third-order valence-corrected chi connectivity index (χ3v) is 5.50. The largest absolute Gasteiger partial charge is 0.469 e. The van der Waals surface area contributed by atoms with E-state index in [-0.39, 0.29) is 24.5 Å². The molecule has 0 spiro atoms. The van der Waals surface area contributed by atoms with Crippen molar-refractivity contribution in [3.63, 3.8) is 0 Å². The standard InChI is InChI=1S/C16H18N2O3S.C4H9NO/c1-10-16(22-11(2)18-10)13-6-4-12(5-7-13)14(17-9-19)8-15(20)21-3;6-4-1-2-5-3-4/h4-7,9,14H,8H2,1-3H3,(H,17,19);4-6H,1-3H2. The number of rotatable bonds is 6. The fraction of sp³-hybridized carbons (Fsp3) is 0.450. The highest BCUT2D eigenvalue weighted by atomic mass is 32.1. The number of ether oxygens (including phenoxy) is 1. The lowest BCUT2D eigenvalue weighted by molar-refractivity contribution is -0.141. The van der Waals surface area contributed by atoms with E-state index in [1.165, 1.54) is 7.11 Å². The summed E-state index contributed by atoms with van der Waals surface area (Å²) in [5, 5.41) is 15.4. The zero-order chi connectivity index (χ0) is 20.5. The highest BCUT2D eigenvalue weighted by Crippen LogP contribution is 2.30. The summed E-state index contributed by atoms with van der Waals surface area (Å²) < 4.78 is 4.66. The monoisotopic (exact) mass is 405 g/mol. The molecule has 1 saturated heterocycles. The molecule has 3 rings (SSSR count). The van der Waals surface area contributed by atoms with Gasteiger partial charge in [-0.3, -0.25) is 9.59 Å². The number of nitrogens with one attached hydrogen (secondary N) is 2. The molecule has 0 aliphatic carbocycles. The number of benzene rings is 1. The topological polar surface area (TPSA) is 101 Å². The number of β-amino-alcohol motifs (C(OH)–C–C–N with tert-alkyl or cyclic N) is 1. The molecule has 0 bridgehead atoms. The van der Waals surface area contributed by atoms with Gasteiger partial charge in [-0.05, 0) is 37.9 Å². The van der Waals surface area contributed by atoms with Crippen LogP contribution in [0.5, 0.6) is 0 Å². The number of esters is 1. The number of aromatic nitrogens is 1. The SMILES string of the molecule is COC(=O)CC(NC=O)c1ccc(-c2sc(C)nc2C)cc1.OC1CCNC1. The fourth-order valence-electron chi connectivity index (χ4n) is 2.91. The molecule has 7 nitrogen and oxygen atoms in total. The maximum atomic E-state index is 11.4. The van der Waals surface area contributed by atoms with Crippen molar-refractivity contribution in [2.24, 2.45) is 0 Å². The lowest BCUT2D eigenvalue weighted by atomic mass is 10.0. The second-order valence-electron chi connectivity index (χ2n) is 6.53. The third kappa shape index (κ3) is 6.40. The van der Waals surface area contributed by atoms with Gasteiger partial charge in [-0.15, -0.1) is 11.3 Å². The summed E-state index contributed by atoms with van der Waals surface area (Å²) in [7, 11) is 1.33. The van der Waals surface area contributed by atoms with Crippen LogP contribution in [0.3, 0.4) is 0 Å². The lowest BCUT2D eigenvalue weighted by Crippen LogP contribution is -2.23. The van der Waals surface area contributed by atoms with Crippen LogP contribution in [0, 0.1) is 13.8 Å². The second kappa shape index (κ2) is 10.9. The molecule has 0 saturated carbocycles. The Morgan fingerprint density at radius 3 is 2.57 bits per heavy atom. The molecule has 2 heterocycles. The zero-order valence-corrected chi connectivity index (χ0v) is 17.2. The molecule has 1 fully saturated rings. The number of hydrogen-bond donors (Lipinski definition) is 3. The first-order valence-electron chi connectivity index (χ1n) is 9.14. The average Bonchev–Trinajstić information content (AvgIpc) is 3.29. The minimum atomic E-state index is -0.386. The first-order valence-corrected chi connectivity index (χ1v) is 9.96. The summed E-state index contributed by atoms with van der Waals surface area (Å²) in [5.74, 6) is -0.364. The minimum Gasteiger partial charge on any atom is -0.469 e. The van der Waals surface area contributed by atoms with Crippen molar-refractivity contribution >= 4 is 23.7 Å². The molecule has 1 amide bonds. The molecule has 1 aromatic heterocycles. The number of thiazole rings is 1. The summed E-state index contributed by atoms with van der Waals surface area (Å²) in [5.41, 5.74) is 2.95. The van der Waals surface area contributed by atoms with Gasteiger partial charge in [0.2, 0.25) is 6.41 Å². The summed E-state index contributed by atoms with van der Waals surface area (Å²) in [6, 6.07) is 7.39. The Balaban J connectivity index is 0.000000397. The van der Waals surface area contributed by atoms with Crippen LogP contribution in [-0.4, -0.2) is 48.8 Å². The molecule has 2 atom stereocenters. The quantitative estimate of drug-likeness (QED) is 0.503. The van der Waals surface area contributed by atoms with Crippen molar-refractivity contribution < 1.29 is 19.4 Å². The van der Waals surface area contributed by atoms with Crippen molar-refractivity contribution in [1.82, 2.24) is 15.6 Å². The van der Waals surface area contributed by atoms with Gasteiger partial charge in [0.05, 0.1) is 41.3 Å². The van der Waals surface area contributed by atoms with Crippen LogP contribution in [0.15, 0.2) is 24.3 Å². The van der Waals surface area contributed by atoms with Crippen molar-refractivity contribution in [1.29, 1.82) is 0 Å². The van der Waals surface area contributed by atoms with E-state index in [4.69, 9.17) is 5.11 Å². The number of carbonyl (C=O) groups excluding carboxylic acids is 2. The van der Waals surface area contributed by atoms with Gasteiger partial charge in [0.15, 0.2) is 0 Å². The summed E-state index contributed by atoms with van der Waals surface area (Å²) in [6.07, 6.45) is 1.57. The predicted molar refractivity (Wildman–Crippen MR) is 109 cm³/mol. The van der Waals surface area contributed by atoms with E-state index in [0.29, 0.717) is 6.41 Å². The predicted octanol–water partition coefficient (Wildman–Crippen LogP) is 2.12. The molecule has 2 aromatic rings. The third-order valence-electron chi connectivity index (χ3n) is 4.38. The summed E-state index contributed by atoms with van der Waals surface area (Å²) >= 11 is 1.65. The average molecular weight is 406 g/mol. The molecule has 1 aliphatic heterocycles. The molecule has 1 aliphatic rings. The lowest BCUT2D eigenvalue weighted by Gasteiger charge is -2.15. The molecule has 2 unspecified atom stereocenters. The van der Waals surface area contributed by atoms with Gasteiger partial charge in [-0.25, -0.2) is 4.98 Å². The number of methoxy groups -OCH3 is 1.